The second-order valence-electron chi connectivity index (χ2n) is 12.6. The molecule has 0 bridgehead atoms. The van der Waals surface area contributed by atoms with Crippen LogP contribution in [0.1, 0.15) is 77.3 Å². The first kappa shape index (κ1) is 35.7. The predicted octanol–water partition coefficient (Wildman–Crippen LogP) is 9.24. The summed E-state index contributed by atoms with van der Waals surface area (Å²) in [6.45, 7) is 12.4. The molecule has 252 valence electrons. The van der Waals surface area contributed by atoms with Gasteiger partial charge in [-0.25, -0.2) is 0 Å². The lowest BCUT2D eigenvalue weighted by Gasteiger charge is -2.23. The van der Waals surface area contributed by atoms with Crippen molar-refractivity contribution in [2.24, 2.45) is 0 Å². The third-order valence-corrected chi connectivity index (χ3v) is 9.62. The standard InChI is InChI=1S/C42H43IN2O4/c1-26-20-28(3)38(29(4)21-26)41(46)44-34(32-14-9-7-10-15-32)24-48-36-18-13-19-37(40(36)43)49-25-35(33-16-11-8-12-17-33)45-42(47)39-30(5)22-27(2)23-31(39)6/h7-23,34-35H,24-25H2,1-6H3,(H,44,46)(H,45,47)/t34-,35-/m1/s1. The molecule has 5 aromatic rings. The number of carbonyl (C=O) groups excluding carboxylic acids is 2. The van der Waals surface area contributed by atoms with E-state index >= 15 is 0 Å². The van der Waals surface area contributed by atoms with Gasteiger partial charge in [-0.1, -0.05) is 102 Å². The third-order valence-electron chi connectivity index (χ3n) is 8.56. The molecule has 0 aliphatic carbocycles. The molecule has 0 aliphatic heterocycles. The molecule has 0 aliphatic rings. The van der Waals surface area contributed by atoms with Crippen molar-refractivity contribution in [1.29, 1.82) is 0 Å². The number of rotatable bonds is 12. The van der Waals surface area contributed by atoms with Crippen molar-refractivity contribution in [3.8, 4) is 11.5 Å². The van der Waals surface area contributed by atoms with E-state index in [0.29, 0.717) is 22.6 Å². The number of halogens is 1. The monoisotopic (exact) mass is 766 g/mol. The molecule has 5 aromatic carbocycles. The van der Waals surface area contributed by atoms with Gasteiger partial charge in [0, 0.05) is 11.1 Å². The summed E-state index contributed by atoms with van der Waals surface area (Å²) < 4.78 is 13.6. The topological polar surface area (TPSA) is 76.7 Å². The molecule has 7 heteroatoms. The zero-order valence-electron chi connectivity index (χ0n) is 28.9. The van der Waals surface area contributed by atoms with Crippen LogP contribution in [-0.4, -0.2) is 25.0 Å². The summed E-state index contributed by atoms with van der Waals surface area (Å²) in [5.74, 6) is 1.01. The van der Waals surface area contributed by atoms with Crippen molar-refractivity contribution in [3.05, 3.63) is 162 Å². The first-order valence-electron chi connectivity index (χ1n) is 16.4. The van der Waals surface area contributed by atoms with Gasteiger partial charge in [0.15, 0.2) is 0 Å². The molecule has 6 nitrogen and oxygen atoms in total. The van der Waals surface area contributed by atoms with E-state index in [1.54, 1.807) is 0 Å². The molecule has 0 aromatic heterocycles. The summed E-state index contributed by atoms with van der Waals surface area (Å²) >= 11 is 2.23. The third kappa shape index (κ3) is 8.89. The second-order valence-corrected chi connectivity index (χ2v) is 13.7. The summed E-state index contributed by atoms with van der Waals surface area (Å²) in [6, 6.07) is 32.7. The minimum absolute atomic E-state index is 0.135. The van der Waals surface area contributed by atoms with Crippen LogP contribution in [0.4, 0.5) is 0 Å². The normalized spacial score (nSPS) is 12.1. The quantitative estimate of drug-likeness (QED) is 0.124. The first-order chi connectivity index (χ1) is 23.5. The second kappa shape index (κ2) is 16.2. The highest BCUT2D eigenvalue weighted by Gasteiger charge is 2.22. The number of benzene rings is 5. The Bertz CT molecular complexity index is 1760. The molecular weight excluding hydrogens is 723 g/mol. The minimum Gasteiger partial charge on any atom is -0.490 e. The maximum Gasteiger partial charge on any atom is 0.252 e. The van der Waals surface area contributed by atoms with Gasteiger partial charge in [-0.15, -0.1) is 0 Å². The Labute approximate surface area is 303 Å². The average molecular weight is 767 g/mol. The van der Waals surface area contributed by atoms with Gasteiger partial charge < -0.3 is 20.1 Å². The molecule has 0 radical (unpaired) electrons. The Morgan fingerprint density at radius 3 is 1.24 bits per heavy atom. The highest BCUT2D eigenvalue weighted by Crippen LogP contribution is 2.32. The Hall–Kier alpha value is -4.63. The lowest BCUT2D eigenvalue weighted by atomic mass is 9.98. The number of hydrogen-bond donors (Lipinski definition) is 2. The molecule has 2 atom stereocenters. The van der Waals surface area contributed by atoms with Gasteiger partial charge in [0.25, 0.3) is 11.8 Å². The number of carbonyl (C=O) groups is 2. The van der Waals surface area contributed by atoms with Crippen molar-refractivity contribution < 1.29 is 19.1 Å². The SMILES string of the molecule is Cc1cc(C)c(C(=O)N[C@H](COc2cccc(OC[C@@H](NC(=O)c3c(C)cc(C)cc3C)c3ccccc3)c2I)c2ccccc2)c(C)c1. The van der Waals surface area contributed by atoms with E-state index < -0.39 is 0 Å². The predicted molar refractivity (Wildman–Crippen MR) is 205 cm³/mol. The summed E-state index contributed by atoms with van der Waals surface area (Å²) in [6.07, 6.45) is 0. The van der Waals surface area contributed by atoms with Crippen molar-refractivity contribution in [2.45, 2.75) is 53.6 Å². The zero-order valence-corrected chi connectivity index (χ0v) is 31.1. The molecular formula is C42H43IN2O4. The summed E-state index contributed by atoms with van der Waals surface area (Å²) in [7, 11) is 0. The number of amides is 2. The van der Waals surface area contributed by atoms with Gasteiger partial charge in [0.2, 0.25) is 0 Å². The molecule has 0 heterocycles. The highest BCUT2D eigenvalue weighted by atomic mass is 127. The summed E-state index contributed by atoms with van der Waals surface area (Å²) in [4.78, 5) is 27.2. The molecule has 0 saturated heterocycles. The van der Waals surface area contributed by atoms with Crippen LogP contribution in [0, 0.1) is 45.1 Å². The lowest BCUT2D eigenvalue weighted by molar-refractivity contribution is 0.0913. The van der Waals surface area contributed by atoms with Gasteiger partial charge in [-0.05, 0) is 110 Å². The Kier molecular flexibility index (Phi) is 11.8. The highest BCUT2D eigenvalue weighted by molar-refractivity contribution is 14.1. The van der Waals surface area contributed by atoms with Crippen LogP contribution in [0.2, 0.25) is 0 Å². The van der Waals surface area contributed by atoms with E-state index in [2.05, 4.69) is 33.2 Å². The fraction of sp³-hybridized carbons (Fsp3) is 0.238. The van der Waals surface area contributed by atoms with E-state index in [1.165, 1.54) is 0 Å². The van der Waals surface area contributed by atoms with Crippen molar-refractivity contribution in [1.82, 2.24) is 10.6 Å². The number of ether oxygens (including phenoxy) is 2. The van der Waals surface area contributed by atoms with Gasteiger partial charge in [0.1, 0.15) is 24.7 Å². The van der Waals surface area contributed by atoms with E-state index in [9.17, 15) is 9.59 Å². The smallest absolute Gasteiger partial charge is 0.252 e. The molecule has 2 N–H and O–H groups in total. The van der Waals surface area contributed by atoms with Crippen LogP contribution in [-0.2, 0) is 0 Å². The van der Waals surface area contributed by atoms with E-state index in [1.807, 2.05) is 145 Å². The van der Waals surface area contributed by atoms with Crippen LogP contribution in [0.5, 0.6) is 11.5 Å². The van der Waals surface area contributed by atoms with Gasteiger partial charge in [0.05, 0.1) is 15.7 Å². The zero-order chi connectivity index (χ0) is 35.1. The van der Waals surface area contributed by atoms with Gasteiger partial charge in [-0.2, -0.15) is 0 Å². The van der Waals surface area contributed by atoms with Crippen molar-refractivity contribution in [3.63, 3.8) is 0 Å². The number of aryl methyl sites for hydroxylation is 6. The molecule has 0 fully saturated rings. The van der Waals surface area contributed by atoms with E-state index in [0.717, 1.165) is 48.1 Å². The Morgan fingerprint density at radius 2 is 0.898 bits per heavy atom. The lowest BCUT2D eigenvalue weighted by Crippen LogP contribution is -2.33. The van der Waals surface area contributed by atoms with Gasteiger partial charge >= 0.3 is 0 Å². The minimum atomic E-state index is -0.388. The molecule has 49 heavy (non-hydrogen) atoms. The van der Waals surface area contributed by atoms with Crippen LogP contribution in [0.25, 0.3) is 0 Å². The molecule has 0 spiro atoms. The fourth-order valence-electron chi connectivity index (χ4n) is 6.41. The van der Waals surface area contributed by atoms with Gasteiger partial charge in [-0.3, -0.25) is 9.59 Å². The van der Waals surface area contributed by atoms with Crippen LogP contribution >= 0.6 is 22.6 Å². The van der Waals surface area contributed by atoms with Crippen LogP contribution in [0.15, 0.2) is 103 Å². The fourth-order valence-corrected chi connectivity index (χ4v) is 7.08. The summed E-state index contributed by atoms with van der Waals surface area (Å²) in [5.41, 5.74) is 9.27. The Balaban J connectivity index is 1.33. The first-order valence-corrected chi connectivity index (χ1v) is 17.5. The molecule has 0 saturated carbocycles. The number of nitrogens with one attached hydrogen (secondary N) is 2. The van der Waals surface area contributed by atoms with E-state index in [-0.39, 0.29) is 37.1 Å². The van der Waals surface area contributed by atoms with Crippen LogP contribution in [0.3, 0.4) is 0 Å². The summed E-state index contributed by atoms with van der Waals surface area (Å²) in [5, 5.41) is 6.44. The maximum absolute atomic E-state index is 13.6. The maximum atomic E-state index is 13.6. The Morgan fingerprint density at radius 1 is 0.551 bits per heavy atom. The molecule has 0 unspecified atom stereocenters. The van der Waals surface area contributed by atoms with E-state index in [4.69, 9.17) is 9.47 Å². The molecule has 2 amide bonds. The number of hydrogen-bond acceptors (Lipinski definition) is 4. The van der Waals surface area contributed by atoms with Crippen molar-refractivity contribution in [2.75, 3.05) is 13.2 Å². The molecule has 5 rings (SSSR count). The largest absolute Gasteiger partial charge is 0.490 e. The van der Waals surface area contributed by atoms with Crippen LogP contribution < -0.4 is 20.1 Å². The van der Waals surface area contributed by atoms with Crippen molar-refractivity contribution >= 4 is 34.4 Å². The average Bonchev–Trinajstić information content (AvgIpc) is 3.05.